The molecule has 0 bridgehead atoms. The van der Waals surface area contributed by atoms with Gasteiger partial charge in [0.05, 0.1) is 16.0 Å². The van der Waals surface area contributed by atoms with Gasteiger partial charge in [0.2, 0.25) is 0 Å². The Bertz CT molecular complexity index is 1450. The van der Waals surface area contributed by atoms with Crippen LogP contribution in [-0.2, 0) is 17.9 Å². The van der Waals surface area contributed by atoms with Crippen LogP contribution in [0.2, 0.25) is 0 Å². The summed E-state index contributed by atoms with van der Waals surface area (Å²) in [6.07, 6.45) is 6.58. The largest absolute Gasteiger partial charge is 0.480 e. The number of carboxylic acids is 1. The molecule has 0 saturated carbocycles. The summed E-state index contributed by atoms with van der Waals surface area (Å²) < 4.78 is 2.28. The van der Waals surface area contributed by atoms with Crippen LogP contribution in [-0.4, -0.2) is 35.1 Å². The van der Waals surface area contributed by atoms with Crippen molar-refractivity contribution in [2.45, 2.75) is 13.1 Å². The van der Waals surface area contributed by atoms with Gasteiger partial charge >= 0.3 is 17.1 Å². The number of hydrogen-bond acceptors (Lipinski definition) is 7. The van der Waals surface area contributed by atoms with Gasteiger partial charge in [-0.3, -0.25) is 34.0 Å². The zero-order valence-electron chi connectivity index (χ0n) is 16.4. The minimum Gasteiger partial charge on any atom is -0.480 e. The molecule has 12 nitrogen and oxygen atoms in total. The number of aromatic amines is 1. The third-order valence-electron chi connectivity index (χ3n) is 4.77. The van der Waals surface area contributed by atoms with Crippen molar-refractivity contribution in [3.63, 3.8) is 0 Å². The highest BCUT2D eigenvalue weighted by atomic mass is 16.6. The molecular weight excluding hydrogens is 420 g/mol. The van der Waals surface area contributed by atoms with E-state index < -0.39 is 28.6 Å². The molecule has 0 radical (unpaired) electrons. The lowest BCUT2D eigenvalue weighted by molar-refractivity contribution is -0.384. The Kier molecular flexibility index (Phi) is 5.25. The van der Waals surface area contributed by atoms with Gasteiger partial charge in [-0.15, -0.1) is 0 Å². The number of pyridine rings is 1. The minimum absolute atomic E-state index is 0.0157. The summed E-state index contributed by atoms with van der Waals surface area (Å²) in [6, 6.07) is 7.78. The van der Waals surface area contributed by atoms with Crippen LogP contribution in [0.1, 0.15) is 5.56 Å². The van der Waals surface area contributed by atoms with Crippen molar-refractivity contribution in [1.29, 1.82) is 0 Å². The van der Waals surface area contributed by atoms with E-state index in [1.165, 1.54) is 10.6 Å². The van der Waals surface area contributed by atoms with E-state index in [1.807, 2.05) is 0 Å². The SMILES string of the molecule is O=C(O)Cn1c(=O)c(=O)[nH]c2cc([N+](=O)[O-])c(-n3ccc(CNc4ccncc4)c3)cc21. The number of anilines is 1. The molecule has 0 spiro atoms. The minimum atomic E-state index is -1.33. The molecule has 3 N–H and O–H groups in total. The first-order valence-corrected chi connectivity index (χ1v) is 9.31. The van der Waals surface area contributed by atoms with Crippen molar-refractivity contribution >= 4 is 28.4 Å². The van der Waals surface area contributed by atoms with Gasteiger partial charge in [0, 0.05) is 43.1 Å². The highest BCUT2D eigenvalue weighted by Gasteiger charge is 2.20. The molecule has 0 aliphatic heterocycles. The van der Waals surface area contributed by atoms with E-state index in [2.05, 4.69) is 15.3 Å². The van der Waals surface area contributed by atoms with Crippen molar-refractivity contribution in [3.05, 3.63) is 91.5 Å². The first kappa shape index (κ1) is 20.5. The van der Waals surface area contributed by atoms with Crippen molar-refractivity contribution in [2.24, 2.45) is 0 Å². The van der Waals surface area contributed by atoms with Crippen LogP contribution < -0.4 is 16.4 Å². The second kappa shape index (κ2) is 8.18. The number of rotatable bonds is 7. The monoisotopic (exact) mass is 436 g/mol. The van der Waals surface area contributed by atoms with Gasteiger partial charge in [0.25, 0.3) is 5.69 Å². The highest BCUT2D eigenvalue weighted by molar-refractivity contribution is 5.83. The summed E-state index contributed by atoms with van der Waals surface area (Å²) in [5.41, 5.74) is -0.616. The van der Waals surface area contributed by atoms with E-state index in [0.717, 1.165) is 21.9 Å². The number of aliphatic carboxylic acids is 1. The Balaban J connectivity index is 1.80. The van der Waals surface area contributed by atoms with Gasteiger partial charge in [-0.2, -0.15) is 0 Å². The zero-order valence-corrected chi connectivity index (χ0v) is 16.4. The molecule has 0 amide bonds. The lowest BCUT2D eigenvalue weighted by Gasteiger charge is -2.11. The van der Waals surface area contributed by atoms with E-state index in [1.54, 1.807) is 43.0 Å². The lowest BCUT2D eigenvalue weighted by Crippen LogP contribution is -2.37. The van der Waals surface area contributed by atoms with Crippen molar-refractivity contribution in [1.82, 2.24) is 19.1 Å². The van der Waals surface area contributed by atoms with Gasteiger partial charge in [0.15, 0.2) is 0 Å². The number of nitro groups is 1. The molecule has 3 aromatic heterocycles. The lowest BCUT2D eigenvalue weighted by atomic mass is 10.2. The summed E-state index contributed by atoms with van der Waals surface area (Å²) >= 11 is 0. The predicted molar refractivity (Wildman–Crippen MR) is 114 cm³/mol. The molecule has 3 heterocycles. The number of aromatic nitrogens is 4. The van der Waals surface area contributed by atoms with Crippen LogP contribution in [0.25, 0.3) is 16.7 Å². The van der Waals surface area contributed by atoms with Gasteiger partial charge in [0.1, 0.15) is 12.2 Å². The van der Waals surface area contributed by atoms with E-state index in [-0.39, 0.29) is 22.4 Å². The average molecular weight is 436 g/mol. The second-order valence-corrected chi connectivity index (χ2v) is 6.87. The Hall–Kier alpha value is -4.74. The van der Waals surface area contributed by atoms with Crippen LogP contribution in [0.3, 0.4) is 0 Å². The fourth-order valence-corrected chi connectivity index (χ4v) is 3.31. The quantitative estimate of drug-likeness (QED) is 0.223. The fourth-order valence-electron chi connectivity index (χ4n) is 3.31. The molecule has 4 aromatic rings. The topological polar surface area (TPSA) is 165 Å². The average Bonchev–Trinajstić information content (AvgIpc) is 3.24. The molecule has 0 saturated heterocycles. The summed E-state index contributed by atoms with van der Waals surface area (Å²) in [5, 5.41) is 24.0. The van der Waals surface area contributed by atoms with E-state index in [4.69, 9.17) is 5.11 Å². The summed E-state index contributed by atoms with van der Waals surface area (Å²) in [6.45, 7) is -0.321. The number of nitrogens with one attached hydrogen (secondary N) is 2. The molecule has 0 unspecified atom stereocenters. The first-order chi connectivity index (χ1) is 15.3. The Labute approximate surface area is 178 Å². The van der Waals surface area contributed by atoms with Crippen LogP contribution >= 0.6 is 0 Å². The van der Waals surface area contributed by atoms with Crippen molar-refractivity contribution in [3.8, 4) is 5.69 Å². The number of fused-ring (bicyclic) bond motifs is 1. The Morgan fingerprint density at radius 3 is 2.66 bits per heavy atom. The van der Waals surface area contributed by atoms with Crippen LogP contribution in [0.4, 0.5) is 11.4 Å². The van der Waals surface area contributed by atoms with Crippen LogP contribution in [0.5, 0.6) is 0 Å². The van der Waals surface area contributed by atoms with E-state index in [0.29, 0.717) is 6.54 Å². The number of benzene rings is 1. The normalized spacial score (nSPS) is 10.9. The number of hydrogen-bond donors (Lipinski definition) is 3. The smallest absolute Gasteiger partial charge is 0.323 e. The molecule has 1 aromatic carbocycles. The zero-order chi connectivity index (χ0) is 22.8. The van der Waals surface area contributed by atoms with Crippen LogP contribution in [0, 0.1) is 10.1 Å². The van der Waals surface area contributed by atoms with E-state index >= 15 is 0 Å². The number of H-pyrrole nitrogens is 1. The van der Waals surface area contributed by atoms with Gasteiger partial charge in [-0.1, -0.05) is 0 Å². The van der Waals surface area contributed by atoms with Crippen molar-refractivity contribution in [2.75, 3.05) is 5.32 Å². The fraction of sp³-hybridized carbons (Fsp3) is 0.100. The van der Waals surface area contributed by atoms with Gasteiger partial charge in [-0.25, -0.2) is 0 Å². The standard InChI is InChI=1S/C20H16N6O6/c27-18(28)11-25-15-8-16(17(26(31)32)7-14(15)23-19(29)20(25)30)24-6-3-12(10-24)9-22-13-1-4-21-5-2-13/h1-8,10H,9,11H2,(H,21,22)(H,23,29)(H,27,28). The molecule has 162 valence electrons. The predicted octanol–water partition coefficient (Wildman–Crippen LogP) is 1.48. The second-order valence-electron chi connectivity index (χ2n) is 6.87. The van der Waals surface area contributed by atoms with E-state index in [9.17, 15) is 24.5 Å². The number of carboxylic acid groups (broad SMARTS) is 1. The molecule has 0 fully saturated rings. The van der Waals surface area contributed by atoms with Crippen LogP contribution in [0.15, 0.2) is 64.7 Å². The highest BCUT2D eigenvalue weighted by Crippen LogP contribution is 2.28. The maximum absolute atomic E-state index is 12.2. The maximum atomic E-state index is 12.2. The molecule has 12 heteroatoms. The Morgan fingerprint density at radius 2 is 1.97 bits per heavy atom. The summed E-state index contributed by atoms with van der Waals surface area (Å²) in [5.74, 6) is -1.33. The Morgan fingerprint density at radius 1 is 1.22 bits per heavy atom. The first-order valence-electron chi connectivity index (χ1n) is 9.31. The van der Waals surface area contributed by atoms with Gasteiger partial charge in [-0.05, 0) is 29.8 Å². The summed E-state index contributed by atoms with van der Waals surface area (Å²) in [4.78, 5) is 52.6. The number of nitro benzene ring substituents is 1. The molecule has 32 heavy (non-hydrogen) atoms. The molecular formula is C20H16N6O6. The third kappa shape index (κ3) is 3.96. The van der Waals surface area contributed by atoms with Gasteiger partial charge < -0.3 is 20.0 Å². The summed E-state index contributed by atoms with van der Waals surface area (Å²) in [7, 11) is 0. The van der Waals surface area contributed by atoms with Crippen molar-refractivity contribution < 1.29 is 14.8 Å². The number of carbonyl (C=O) groups is 1. The molecule has 0 aliphatic carbocycles. The number of nitrogens with zero attached hydrogens (tertiary/aromatic N) is 4. The maximum Gasteiger partial charge on any atom is 0.323 e. The third-order valence-corrected chi connectivity index (χ3v) is 4.77. The molecule has 0 atom stereocenters. The molecule has 4 rings (SSSR count). The molecule has 0 aliphatic rings.